The first-order valence-corrected chi connectivity index (χ1v) is 7.84. The molecule has 2 fully saturated rings. The standard InChI is InChI=1S/C17H17ClFNO/c18-15-3-1-2-13(17(15)19)14(9-20)16(21)8-12-7-10-4-5-11(12)6-10/h1-3,10-12,14H,4-8H2. The van der Waals surface area contributed by atoms with Gasteiger partial charge >= 0.3 is 0 Å². The Bertz CT molecular complexity index is 609. The van der Waals surface area contributed by atoms with Crippen molar-refractivity contribution in [1.82, 2.24) is 0 Å². The summed E-state index contributed by atoms with van der Waals surface area (Å²) in [4.78, 5) is 12.4. The molecule has 0 heterocycles. The molecule has 2 saturated carbocycles. The van der Waals surface area contributed by atoms with Gasteiger partial charge < -0.3 is 0 Å². The number of hydrogen-bond acceptors (Lipinski definition) is 2. The third-order valence-corrected chi connectivity index (χ3v) is 5.38. The third kappa shape index (κ3) is 2.70. The molecular weight excluding hydrogens is 289 g/mol. The fourth-order valence-electron chi connectivity index (χ4n) is 4.06. The highest BCUT2D eigenvalue weighted by Gasteiger charge is 2.41. The molecule has 4 heteroatoms. The highest BCUT2D eigenvalue weighted by Crippen LogP contribution is 2.50. The molecule has 0 aromatic heterocycles. The predicted octanol–water partition coefficient (Wildman–Crippen LogP) is 4.48. The van der Waals surface area contributed by atoms with Crippen LogP contribution < -0.4 is 0 Å². The van der Waals surface area contributed by atoms with Crippen LogP contribution >= 0.6 is 11.6 Å². The Morgan fingerprint density at radius 2 is 2.24 bits per heavy atom. The van der Waals surface area contributed by atoms with Crippen molar-refractivity contribution in [1.29, 1.82) is 5.26 Å². The second kappa shape index (κ2) is 5.77. The number of Topliss-reactive ketones (excluding diaryl/α,β-unsaturated/α-hetero) is 1. The van der Waals surface area contributed by atoms with Crippen LogP contribution in [0.2, 0.25) is 5.02 Å². The molecule has 2 bridgehead atoms. The van der Waals surface area contributed by atoms with Crippen molar-refractivity contribution in [3.05, 3.63) is 34.6 Å². The molecule has 0 saturated heterocycles. The molecule has 2 aliphatic carbocycles. The molecule has 2 nitrogen and oxygen atoms in total. The maximum Gasteiger partial charge on any atom is 0.154 e. The van der Waals surface area contributed by atoms with Crippen molar-refractivity contribution in [3.63, 3.8) is 0 Å². The van der Waals surface area contributed by atoms with Gasteiger partial charge in [-0.3, -0.25) is 4.79 Å². The summed E-state index contributed by atoms with van der Waals surface area (Å²) >= 11 is 5.75. The van der Waals surface area contributed by atoms with E-state index in [0.717, 1.165) is 12.3 Å². The zero-order valence-electron chi connectivity index (χ0n) is 11.7. The lowest BCUT2D eigenvalue weighted by Crippen LogP contribution is -2.20. The van der Waals surface area contributed by atoms with E-state index < -0.39 is 11.7 Å². The second-order valence-electron chi connectivity index (χ2n) is 6.31. The van der Waals surface area contributed by atoms with Crippen LogP contribution in [0, 0.1) is 34.9 Å². The zero-order valence-corrected chi connectivity index (χ0v) is 12.4. The van der Waals surface area contributed by atoms with Crippen LogP contribution in [-0.2, 0) is 4.79 Å². The molecule has 4 unspecified atom stereocenters. The molecule has 2 aliphatic rings. The van der Waals surface area contributed by atoms with Crippen LogP contribution in [0.25, 0.3) is 0 Å². The number of carbonyl (C=O) groups is 1. The fraction of sp³-hybridized carbons (Fsp3) is 0.529. The Kier molecular flexibility index (Phi) is 3.99. The van der Waals surface area contributed by atoms with E-state index in [0.29, 0.717) is 18.3 Å². The summed E-state index contributed by atoms with van der Waals surface area (Å²) in [5.41, 5.74) is 0.109. The van der Waals surface area contributed by atoms with Crippen LogP contribution in [0.15, 0.2) is 18.2 Å². The first kappa shape index (κ1) is 14.5. The Morgan fingerprint density at radius 1 is 1.43 bits per heavy atom. The summed E-state index contributed by atoms with van der Waals surface area (Å²) in [7, 11) is 0. The van der Waals surface area contributed by atoms with Gasteiger partial charge in [-0.15, -0.1) is 0 Å². The third-order valence-electron chi connectivity index (χ3n) is 5.09. The molecule has 0 amide bonds. The average Bonchev–Trinajstić information content (AvgIpc) is 3.06. The summed E-state index contributed by atoms with van der Waals surface area (Å²) in [5, 5.41) is 9.25. The minimum absolute atomic E-state index is 0.0412. The molecule has 4 atom stereocenters. The normalized spacial score (nSPS) is 28.3. The van der Waals surface area contributed by atoms with Crippen LogP contribution in [0.5, 0.6) is 0 Å². The Morgan fingerprint density at radius 3 is 2.86 bits per heavy atom. The van der Waals surface area contributed by atoms with Crippen molar-refractivity contribution in [3.8, 4) is 6.07 Å². The van der Waals surface area contributed by atoms with Gasteiger partial charge in [-0.05, 0) is 43.1 Å². The highest BCUT2D eigenvalue weighted by molar-refractivity contribution is 6.30. The van der Waals surface area contributed by atoms with Crippen molar-refractivity contribution in [2.45, 2.75) is 38.0 Å². The number of nitriles is 1. The lowest BCUT2D eigenvalue weighted by atomic mass is 9.82. The number of ketones is 1. The van der Waals surface area contributed by atoms with Gasteiger partial charge in [0.1, 0.15) is 11.7 Å². The van der Waals surface area contributed by atoms with E-state index in [9.17, 15) is 14.4 Å². The Balaban J connectivity index is 1.76. The number of carbonyl (C=O) groups excluding carboxylic acids is 1. The molecule has 0 spiro atoms. The average molecular weight is 306 g/mol. The molecule has 110 valence electrons. The fourth-order valence-corrected chi connectivity index (χ4v) is 4.24. The SMILES string of the molecule is N#CC(C(=O)CC1CC2CCC1C2)c1cccc(Cl)c1F. The van der Waals surface area contributed by atoms with Crippen LogP contribution in [0.4, 0.5) is 4.39 Å². The molecular formula is C17H17ClFNO. The predicted molar refractivity (Wildman–Crippen MR) is 78.3 cm³/mol. The summed E-state index contributed by atoms with van der Waals surface area (Å²) in [6, 6.07) is 6.44. The van der Waals surface area contributed by atoms with E-state index >= 15 is 0 Å². The number of halogens is 2. The quantitative estimate of drug-likeness (QED) is 0.823. The van der Waals surface area contributed by atoms with Gasteiger partial charge in [-0.25, -0.2) is 4.39 Å². The van der Waals surface area contributed by atoms with E-state index in [1.54, 1.807) is 6.07 Å². The van der Waals surface area contributed by atoms with E-state index in [1.165, 1.54) is 31.4 Å². The van der Waals surface area contributed by atoms with E-state index in [1.807, 2.05) is 6.07 Å². The van der Waals surface area contributed by atoms with Crippen LogP contribution in [0.3, 0.4) is 0 Å². The molecule has 0 N–H and O–H groups in total. The second-order valence-corrected chi connectivity index (χ2v) is 6.72. The number of hydrogen-bond donors (Lipinski definition) is 0. The summed E-state index contributed by atoms with van der Waals surface area (Å²) in [6.07, 6.45) is 5.18. The molecule has 1 aromatic carbocycles. The first-order valence-electron chi connectivity index (χ1n) is 7.46. The Labute approximate surface area is 128 Å². The van der Waals surface area contributed by atoms with Crippen molar-refractivity contribution >= 4 is 17.4 Å². The minimum Gasteiger partial charge on any atom is -0.298 e. The van der Waals surface area contributed by atoms with Crippen LogP contribution in [0.1, 0.15) is 43.6 Å². The molecule has 3 rings (SSSR count). The van der Waals surface area contributed by atoms with E-state index in [2.05, 4.69) is 0 Å². The number of benzene rings is 1. The number of fused-ring (bicyclic) bond motifs is 2. The summed E-state index contributed by atoms with van der Waals surface area (Å²) < 4.78 is 14.0. The van der Waals surface area contributed by atoms with Crippen LogP contribution in [-0.4, -0.2) is 5.78 Å². The van der Waals surface area contributed by atoms with Gasteiger partial charge in [-0.2, -0.15) is 5.26 Å². The monoisotopic (exact) mass is 305 g/mol. The molecule has 0 aliphatic heterocycles. The first-order chi connectivity index (χ1) is 10.1. The highest BCUT2D eigenvalue weighted by atomic mass is 35.5. The minimum atomic E-state index is -1.04. The number of rotatable bonds is 4. The van der Waals surface area contributed by atoms with Gasteiger partial charge in [0.05, 0.1) is 11.1 Å². The van der Waals surface area contributed by atoms with Gasteiger partial charge in [0, 0.05) is 12.0 Å². The summed E-state index contributed by atoms with van der Waals surface area (Å²) in [5.74, 6) is -0.0841. The largest absolute Gasteiger partial charge is 0.298 e. The van der Waals surface area contributed by atoms with Gasteiger partial charge in [0.25, 0.3) is 0 Å². The van der Waals surface area contributed by atoms with Crippen molar-refractivity contribution in [2.24, 2.45) is 17.8 Å². The lowest BCUT2D eigenvalue weighted by Gasteiger charge is -2.22. The van der Waals surface area contributed by atoms with Gasteiger partial charge in [-0.1, -0.05) is 30.2 Å². The van der Waals surface area contributed by atoms with Gasteiger partial charge in [0.2, 0.25) is 0 Å². The maximum atomic E-state index is 14.0. The van der Waals surface area contributed by atoms with Crippen molar-refractivity contribution < 1.29 is 9.18 Å². The number of nitrogens with zero attached hydrogens (tertiary/aromatic N) is 1. The summed E-state index contributed by atoms with van der Waals surface area (Å²) in [6.45, 7) is 0. The smallest absolute Gasteiger partial charge is 0.154 e. The van der Waals surface area contributed by atoms with E-state index in [-0.39, 0.29) is 16.4 Å². The van der Waals surface area contributed by atoms with E-state index in [4.69, 9.17) is 11.6 Å². The Hall–Kier alpha value is -1.40. The van der Waals surface area contributed by atoms with Gasteiger partial charge in [0.15, 0.2) is 5.78 Å². The molecule has 21 heavy (non-hydrogen) atoms. The lowest BCUT2D eigenvalue weighted by molar-refractivity contribution is -0.120. The molecule has 0 radical (unpaired) electrons. The van der Waals surface area contributed by atoms with Crippen molar-refractivity contribution in [2.75, 3.05) is 0 Å². The molecule has 1 aromatic rings. The zero-order chi connectivity index (χ0) is 15.0. The maximum absolute atomic E-state index is 14.0. The topological polar surface area (TPSA) is 40.9 Å².